The van der Waals surface area contributed by atoms with Gasteiger partial charge in [0.2, 0.25) is 0 Å². The minimum atomic E-state index is -0.521. The number of amides is 1. The second kappa shape index (κ2) is 7.29. The van der Waals surface area contributed by atoms with Crippen LogP contribution in [0.4, 0.5) is 17.2 Å². The summed E-state index contributed by atoms with van der Waals surface area (Å²) in [5.41, 5.74) is 0.689. The zero-order chi connectivity index (χ0) is 17.8. The lowest BCUT2D eigenvalue weighted by molar-refractivity contribution is -0.384. The molecular formula is C18H20N4O3. The van der Waals surface area contributed by atoms with Gasteiger partial charge in [-0.2, -0.15) is 0 Å². The number of nitrogens with zero attached hydrogens (tertiary/aromatic N) is 3. The third kappa shape index (κ3) is 4.12. The van der Waals surface area contributed by atoms with Crippen LogP contribution in [0.25, 0.3) is 0 Å². The lowest BCUT2D eigenvalue weighted by Gasteiger charge is -2.31. The Kier molecular flexibility index (Phi) is 4.92. The SMILES string of the molecule is CC1CCN(c2ccc(NC(=O)c3cccc([N+](=O)[O-])c3)cn2)CC1. The maximum absolute atomic E-state index is 12.2. The molecule has 7 nitrogen and oxygen atoms in total. The number of aromatic nitrogens is 1. The Balaban J connectivity index is 1.66. The lowest BCUT2D eigenvalue weighted by Crippen LogP contribution is -2.33. The molecule has 1 aliphatic rings. The monoisotopic (exact) mass is 340 g/mol. The van der Waals surface area contributed by atoms with Crippen LogP contribution in [0.3, 0.4) is 0 Å². The summed E-state index contributed by atoms with van der Waals surface area (Å²) in [6, 6.07) is 9.33. The first kappa shape index (κ1) is 16.9. The van der Waals surface area contributed by atoms with E-state index in [1.807, 2.05) is 6.07 Å². The topological polar surface area (TPSA) is 88.4 Å². The molecule has 1 aromatic carbocycles. The molecule has 3 rings (SSSR count). The van der Waals surface area contributed by atoms with E-state index in [-0.39, 0.29) is 11.3 Å². The Morgan fingerprint density at radius 1 is 1.28 bits per heavy atom. The summed E-state index contributed by atoms with van der Waals surface area (Å²) >= 11 is 0. The quantitative estimate of drug-likeness (QED) is 0.680. The maximum Gasteiger partial charge on any atom is 0.270 e. The van der Waals surface area contributed by atoms with Crippen molar-refractivity contribution in [1.29, 1.82) is 0 Å². The Hall–Kier alpha value is -2.96. The van der Waals surface area contributed by atoms with E-state index < -0.39 is 10.8 Å². The molecule has 0 atom stereocenters. The highest BCUT2D eigenvalue weighted by Crippen LogP contribution is 2.22. The lowest BCUT2D eigenvalue weighted by atomic mass is 9.99. The normalized spacial score (nSPS) is 15.0. The fraction of sp³-hybridized carbons (Fsp3) is 0.333. The van der Waals surface area contributed by atoms with Gasteiger partial charge in [-0.1, -0.05) is 13.0 Å². The highest BCUT2D eigenvalue weighted by molar-refractivity contribution is 6.04. The number of nitro groups is 1. The number of hydrogen-bond acceptors (Lipinski definition) is 5. The van der Waals surface area contributed by atoms with E-state index in [2.05, 4.69) is 22.1 Å². The Labute approximate surface area is 145 Å². The van der Waals surface area contributed by atoms with Crippen molar-refractivity contribution in [2.45, 2.75) is 19.8 Å². The number of hydrogen-bond donors (Lipinski definition) is 1. The van der Waals surface area contributed by atoms with Crippen LogP contribution in [0.1, 0.15) is 30.1 Å². The second-order valence-corrected chi connectivity index (χ2v) is 6.34. The number of carbonyl (C=O) groups excluding carboxylic acids is 1. The van der Waals surface area contributed by atoms with Crippen LogP contribution in [0.2, 0.25) is 0 Å². The predicted octanol–water partition coefficient (Wildman–Crippen LogP) is 3.48. The molecule has 130 valence electrons. The number of pyridine rings is 1. The first-order valence-corrected chi connectivity index (χ1v) is 8.30. The van der Waals surface area contributed by atoms with Crippen LogP contribution < -0.4 is 10.2 Å². The second-order valence-electron chi connectivity index (χ2n) is 6.34. The average Bonchev–Trinajstić information content (AvgIpc) is 2.63. The number of benzene rings is 1. The van der Waals surface area contributed by atoms with E-state index in [0.717, 1.165) is 37.7 Å². The van der Waals surface area contributed by atoms with E-state index >= 15 is 0 Å². The van der Waals surface area contributed by atoms with E-state index in [1.165, 1.54) is 18.2 Å². The number of rotatable bonds is 4. The molecule has 7 heteroatoms. The van der Waals surface area contributed by atoms with Gasteiger partial charge in [-0.15, -0.1) is 0 Å². The summed E-state index contributed by atoms with van der Waals surface area (Å²) in [6.45, 7) is 4.25. The van der Waals surface area contributed by atoms with Crippen molar-refractivity contribution in [2.24, 2.45) is 5.92 Å². The van der Waals surface area contributed by atoms with Crippen molar-refractivity contribution < 1.29 is 9.72 Å². The molecule has 0 aliphatic carbocycles. The van der Waals surface area contributed by atoms with Crippen LogP contribution in [0.5, 0.6) is 0 Å². The van der Waals surface area contributed by atoms with Crippen molar-refractivity contribution in [3.8, 4) is 0 Å². The summed E-state index contributed by atoms with van der Waals surface area (Å²) in [4.78, 5) is 29.2. The zero-order valence-corrected chi connectivity index (χ0v) is 14.0. The Morgan fingerprint density at radius 3 is 2.68 bits per heavy atom. The Bertz CT molecular complexity index is 768. The number of anilines is 2. The van der Waals surface area contributed by atoms with Gasteiger partial charge in [-0.25, -0.2) is 4.98 Å². The van der Waals surface area contributed by atoms with Gasteiger partial charge in [0.15, 0.2) is 0 Å². The molecule has 2 aromatic rings. The van der Waals surface area contributed by atoms with Gasteiger partial charge >= 0.3 is 0 Å². The predicted molar refractivity (Wildman–Crippen MR) is 95.9 cm³/mol. The van der Waals surface area contributed by atoms with Gasteiger partial charge in [0.25, 0.3) is 11.6 Å². The van der Waals surface area contributed by atoms with Crippen molar-refractivity contribution in [1.82, 2.24) is 4.98 Å². The van der Waals surface area contributed by atoms with Gasteiger partial charge in [0.05, 0.1) is 16.8 Å². The minimum absolute atomic E-state index is 0.111. The number of carbonyl (C=O) groups is 1. The molecule has 0 radical (unpaired) electrons. The molecule has 1 N–H and O–H groups in total. The third-order valence-corrected chi connectivity index (χ3v) is 4.43. The van der Waals surface area contributed by atoms with E-state index in [1.54, 1.807) is 18.3 Å². The van der Waals surface area contributed by atoms with Crippen molar-refractivity contribution >= 4 is 23.1 Å². The molecule has 0 unspecified atom stereocenters. The molecule has 25 heavy (non-hydrogen) atoms. The van der Waals surface area contributed by atoms with Gasteiger partial charge in [-0.05, 0) is 37.0 Å². The van der Waals surface area contributed by atoms with Gasteiger partial charge in [0, 0.05) is 30.8 Å². The summed E-state index contributed by atoms with van der Waals surface area (Å²) in [7, 11) is 0. The number of piperidine rings is 1. The molecule has 1 amide bonds. The first-order valence-electron chi connectivity index (χ1n) is 8.30. The van der Waals surface area contributed by atoms with Crippen LogP contribution in [-0.4, -0.2) is 28.9 Å². The molecule has 1 fully saturated rings. The molecule has 0 bridgehead atoms. The smallest absolute Gasteiger partial charge is 0.270 e. The first-order chi connectivity index (χ1) is 12.0. The highest BCUT2D eigenvalue weighted by atomic mass is 16.6. The van der Waals surface area contributed by atoms with Gasteiger partial charge in [-0.3, -0.25) is 14.9 Å². The molecule has 0 saturated carbocycles. The molecule has 1 aliphatic heterocycles. The largest absolute Gasteiger partial charge is 0.357 e. The third-order valence-electron chi connectivity index (χ3n) is 4.43. The van der Waals surface area contributed by atoms with Crippen molar-refractivity contribution in [3.63, 3.8) is 0 Å². The molecule has 2 heterocycles. The fourth-order valence-electron chi connectivity index (χ4n) is 2.85. The minimum Gasteiger partial charge on any atom is -0.357 e. The Morgan fingerprint density at radius 2 is 2.04 bits per heavy atom. The standard InChI is InChI=1S/C18H20N4O3/c1-13-7-9-21(10-8-13)17-6-5-15(12-19-17)20-18(23)14-3-2-4-16(11-14)22(24)25/h2-6,11-13H,7-10H2,1H3,(H,20,23). The average molecular weight is 340 g/mol. The van der Waals surface area contributed by atoms with E-state index in [0.29, 0.717) is 5.69 Å². The van der Waals surface area contributed by atoms with Gasteiger partial charge in [0.1, 0.15) is 5.82 Å². The number of nitrogens with one attached hydrogen (secondary N) is 1. The maximum atomic E-state index is 12.2. The molecule has 1 saturated heterocycles. The van der Waals surface area contributed by atoms with Gasteiger partial charge < -0.3 is 10.2 Å². The van der Waals surface area contributed by atoms with Crippen LogP contribution in [0, 0.1) is 16.0 Å². The van der Waals surface area contributed by atoms with Crippen molar-refractivity contribution in [2.75, 3.05) is 23.3 Å². The van der Waals surface area contributed by atoms with Crippen LogP contribution in [-0.2, 0) is 0 Å². The number of nitro benzene ring substituents is 1. The summed E-state index contributed by atoms with van der Waals surface area (Å²) in [6.07, 6.45) is 3.93. The van der Waals surface area contributed by atoms with E-state index in [4.69, 9.17) is 0 Å². The summed E-state index contributed by atoms with van der Waals surface area (Å²) in [5.74, 6) is 1.26. The van der Waals surface area contributed by atoms with E-state index in [9.17, 15) is 14.9 Å². The molecule has 0 spiro atoms. The van der Waals surface area contributed by atoms with Crippen LogP contribution >= 0.6 is 0 Å². The zero-order valence-electron chi connectivity index (χ0n) is 14.0. The summed E-state index contributed by atoms with van der Waals surface area (Å²) < 4.78 is 0. The molecule has 1 aromatic heterocycles. The van der Waals surface area contributed by atoms with Crippen LogP contribution in [0.15, 0.2) is 42.6 Å². The van der Waals surface area contributed by atoms with Crippen molar-refractivity contribution in [3.05, 3.63) is 58.3 Å². The fourth-order valence-corrected chi connectivity index (χ4v) is 2.85. The molecular weight excluding hydrogens is 320 g/mol. The number of non-ortho nitro benzene ring substituents is 1. The summed E-state index contributed by atoms with van der Waals surface area (Å²) in [5, 5.41) is 13.5. The highest BCUT2D eigenvalue weighted by Gasteiger charge is 2.17.